The SMILES string of the molecule is CC(C)C[C@@H]1O[C@H](CO)[C@@H](O[Si](c2ccccc2)(c2ccccc2)C(C)(C)C)[C@H](O)[C@H]1O[Si](c1ccccc1)(c1ccccc1)C(C)(C)C. The van der Waals surface area contributed by atoms with Crippen LogP contribution in [0.1, 0.15) is 61.8 Å². The molecule has 0 bridgehead atoms. The van der Waals surface area contributed by atoms with E-state index in [4.69, 9.17) is 13.6 Å². The predicted molar refractivity (Wildman–Crippen MR) is 206 cm³/mol. The Hall–Kier alpha value is -2.89. The Morgan fingerprint density at radius 1 is 0.571 bits per heavy atom. The van der Waals surface area contributed by atoms with Crippen LogP contribution in [0.15, 0.2) is 121 Å². The quantitative estimate of drug-likeness (QED) is 0.187. The van der Waals surface area contributed by atoms with Crippen LogP contribution in [0.3, 0.4) is 0 Å². The highest BCUT2D eigenvalue weighted by atomic mass is 28.4. The van der Waals surface area contributed by atoms with Gasteiger partial charge in [0.15, 0.2) is 0 Å². The molecule has 1 aliphatic heterocycles. The van der Waals surface area contributed by atoms with E-state index < -0.39 is 47.2 Å². The van der Waals surface area contributed by atoms with Gasteiger partial charge in [-0.05, 0) is 43.2 Å². The lowest BCUT2D eigenvalue weighted by Crippen LogP contribution is -2.74. The van der Waals surface area contributed by atoms with E-state index in [1.54, 1.807) is 0 Å². The van der Waals surface area contributed by atoms with E-state index in [2.05, 4.69) is 152 Å². The lowest BCUT2D eigenvalue weighted by Gasteiger charge is -2.53. The minimum absolute atomic E-state index is 0.274. The first-order chi connectivity index (χ1) is 23.3. The van der Waals surface area contributed by atoms with Crippen molar-refractivity contribution in [2.75, 3.05) is 6.61 Å². The van der Waals surface area contributed by atoms with Crippen molar-refractivity contribution in [3.63, 3.8) is 0 Å². The summed E-state index contributed by atoms with van der Waals surface area (Å²) in [4.78, 5) is 0. The van der Waals surface area contributed by atoms with Gasteiger partial charge in [-0.15, -0.1) is 0 Å². The maximum atomic E-state index is 12.9. The second-order valence-electron chi connectivity index (χ2n) is 16.0. The number of hydrogen-bond acceptors (Lipinski definition) is 5. The fourth-order valence-corrected chi connectivity index (χ4v) is 17.3. The highest BCUT2D eigenvalue weighted by Gasteiger charge is 2.59. The van der Waals surface area contributed by atoms with Crippen molar-refractivity contribution >= 4 is 37.4 Å². The van der Waals surface area contributed by atoms with E-state index in [1.807, 2.05) is 24.3 Å². The zero-order valence-electron chi connectivity index (χ0n) is 30.5. The minimum Gasteiger partial charge on any atom is -0.399 e. The molecule has 0 radical (unpaired) electrons. The van der Waals surface area contributed by atoms with Crippen molar-refractivity contribution in [3.05, 3.63) is 121 Å². The first-order valence-electron chi connectivity index (χ1n) is 17.8. The second-order valence-corrected chi connectivity index (χ2v) is 24.5. The summed E-state index contributed by atoms with van der Waals surface area (Å²) in [5, 5.41) is 27.6. The normalized spacial score (nSPS) is 22.3. The van der Waals surface area contributed by atoms with Crippen LogP contribution in [0.25, 0.3) is 0 Å². The molecule has 0 unspecified atom stereocenters. The third kappa shape index (κ3) is 7.31. The molecule has 0 aliphatic carbocycles. The van der Waals surface area contributed by atoms with E-state index in [9.17, 15) is 10.2 Å². The molecule has 1 heterocycles. The van der Waals surface area contributed by atoms with Gasteiger partial charge in [0.1, 0.15) is 24.4 Å². The zero-order chi connectivity index (χ0) is 35.5. The van der Waals surface area contributed by atoms with Crippen molar-refractivity contribution in [1.29, 1.82) is 0 Å². The topological polar surface area (TPSA) is 68.2 Å². The Balaban J connectivity index is 1.71. The molecule has 1 saturated heterocycles. The fraction of sp³-hybridized carbons (Fsp3) is 0.429. The maximum absolute atomic E-state index is 12.9. The Morgan fingerprint density at radius 3 is 1.14 bits per heavy atom. The molecular formula is C42H56O5Si2. The van der Waals surface area contributed by atoms with Gasteiger partial charge in [0, 0.05) is 0 Å². The molecule has 5 nitrogen and oxygen atoms in total. The van der Waals surface area contributed by atoms with Gasteiger partial charge >= 0.3 is 0 Å². The maximum Gasteiger partial charge on any atom is 0.261 e. The van der Waals surface area contributed by atoms with Gasteiger partial charge in [-0.1, -0.05) is 177 Å². The molecule has 7 heteroatoms. The van der Waals surface area contributed by atoms with Crippen LogP contribution in [-0.4, -0.2) is 64.0 Å². The van der Waals surface area contributed by atoms with Gasteiger partial charge in [-0.2, -0.15) is 0 Å². The van der Waals surface area contributed by atoms with Crippen molar-refractivity contribution in [2.24, 2.45) is 5.92 Å². The van der Waals surface area contributed by atoms with Crippen molar-refractivity contribution in [2.45, 2.75) is 102 Å². The van der Waals surface area contributed by atoms with Crippen LogP contribution in [0, 0.1) is 5.92 Å². The number of hydrogen-bond donors (Lipinski definition) is 2. The molecule has 4 aromatic rings. The standard InChI is InChI=1S/C42H56O5Si2/c1-31(2)29-36-39(46-48(41(3,4)5,32-21-13-9-14-22-32)33-23-15-10-16-24-33)38(44)40(37(30-43)45-36)47-49(42(6,7)8,34-25-17-11-18-26-34)35-27-19-12-20-28-35/h9-28,31,36-40,43-44H,29-30H2,1-8H3/t36-,37+,38+,39-,40+/m0/s1. The van der Waals surface area contributed by atoms with Crippen molar-refractivity contribution in [3.8, 4) is 0 Å². The van der Waals surface area contributed by atoms with Gasteiger partial charge < -0.3 is 23.8 Å². The monoisotopic (exact) mass is 696 g/mol. The average molecular weight is 697 g/mol. The van der Waals surface area contributed by atoms with Gasteiger partial charge in [-0.25, -0.2) is 0 Å². The molecule has 2 N–H and O–H groups in total. The molecule has 0 amide bonds. The van der Waals surface area contributed by atoms with Crippen molar-refractivity contribution < 1.29 is 23.8 Å². The van der Waals surface area contributed by atoms with Crippen LogP contribution in [0.5, 0.6) is 0 Å². The predicted octanol–water partition coefficient (Wildman–Crippen LogP) is 6.04. The molecule has 0 spiro atoms. The largest absolute Gasteiger partial charge is 0.399 e. The van der Waals surface area contributed by atoms with E-state index in [0.717, 1.165) is 20.7 Å². The van der Waals surface area contributed by atoms with E-state index in [1.165, 1.54) is 0 Å². The smallest absolute Gasteiger partial charge is 0.261 e. The van der Waals surface area contributed by atoms with Crippen LogP contribution in [0.2, 0.25) is 10.1 Å². The molecule has 1 fully saturated rings. The highest BCUT2D eigenvalue weighted by Crippen LogP contribution is 2.43. The summed E-state index contributed by atoms with van der Waals surface area (Å²) in [6, 6.07) is 41.9. The Labute approximate surface area is 296 Å². The summed E-state index contributed by atoms with van der Waals surface area (Å²) in [5.41, 5.74) is 0. The fourth-order valence-electron chi connectivity index (χ4n) is 7.89. The summed E-state index contributed by atoms with van der Waals surface area (Å²) in [5.74, 6) is 0.274. The molecule has 4 aromatic carbocycles. The van der Waals surface area contributed by atoms with Crippen LogP contribution < -0.4 is 20.7 Å². The summed E-state index contributed by atoms with van der Waals surface area (Å²) < 4.78 is 22.1. The molecular weight excluding hydrogens is 641 g/mol. The van der Waals surface area contributed by atoms with Gasteiger partial charge in [-0.3, -0.25) is 0 Å². The van der Waals surface area contributed by atoms with Gasteiger partial charge in [0.2, 0.25) is 0 Å². The molecule has 0 aromatic heterocycles. The molecule has 5 rings (SSSR count). The summed E-state index contributed by atoms with van der Waals surface area (Å²) in [6.07, 6.45) is -3.14. The number of ether oxygens (including phenoxy) is 1. The molecule has 262 valence electrons. The Morgan fingerprint density at radius 2 is 0.878 bits per heavy atom. The highest BCUT2D eigenvalue weighted by molar-refractivity contribution is 7.00. The first-order valence-corrected chi connectivity index (χ1v) is 21.6. The van der Waals surface area contributed by atoms with Gasteiger partial charge in [0.05, 0.1) is 12.7 Å². The van der Waals surface area contributed by atoms with Crippen molar-refractivity contribution in [1.82, 2.24) is 0 Å². The summed E-state index contributed by atoms with van der Waals surface area (Å²) >= 11 is 0. The van der Waals surface area contributed by atoms with Crippen LogP contribution in [0.4, 0.5) is 0 Å². The number of aliphatic hydroxyl groups is 2. The van der Waals surface area contributed by atoms with E-state index in [0.29, 0.717) is 6.42 Å². The third-order valence-electron chi connectivity index (χ3n) is 10.1. The minimum atomic E-state index is -3.14. The molecule has 49 heavy (non-hydrogen) atoms. The summed E-state index contributed by atoms with van der Waals surface area (Å²) in [6.45, 7) is 17.5. The number of aliphatic hydroxyl groups excluding tert-OH is 2. The Bertz CT molecular complexity index is 1510. The zero-order valence-corrected chi connectivity index (χ0v) is 32.5. The number of benzene rings is 4. The van der Waals surface area contributed by atoms with Gasteiger partial charge in [0.25, 0.3) is 16.6 Å². The van der Waals surface area contributed by atoms with Crippen LogP contribution >= 0.6 is 0 Å². The summed E-state index contributed by atoms with van der Waals surface area (Å²) in [7, 11) is -6.24. The third-order valence-corrected chi connectivity index (χ3v) is 20.2. The lowest BCUT2D eigenvalue weighted by atomic mass is 9.91. The average Bonchev–Trinajstić information content (AvgIpc) is 3.08. The molecule has 5 atom stereocenters. The second kappa shape index (κ2) is 15.2. The lowest BCUT2D eigenvalue weighted by molar-refractivity contribution is -0.223. The van der Waals surface area contributed by atoms with Crippen LogP contribution in [-0.2, 0) is 13.6 Å². The molecule has 0 saturated carbocycles. The van der Waals surface area contributed by atoms with E-state index in [-0.39, 0.29) is 22.6 Å². The Kier molecular flexibility index (Phi) is 11.6. The number of rotatable bonds is 11. The molecule has 1 aliphatic rings. The first kappa shape index (κ1) is 37.4. The van der Waals surface area contributed by atoms with E-state index >= 15 is 0 Å².